The van der Waals surface area contributed by atoms with E-state index in [9.17, 15) is 4.79 Å². The van der Waals surface area contributed by atoms with Gasteiger partial charge in [-0.3, -0.25) is 4.79 Å². The summed E-state index contributed by atoms with van der Waals surface area (Å²) in [6.07, 6.45) is 4.98. The lowest BCUT2D eigenvalue weighted by Crippen LogP contribution is -2.43. The fourth-order valence-electron chi connectivity index (χ4n) is 2.11. The Morgan fingerprint density at radius 2 is 2.30 bits per heavy atom. The summed E-state index contributed by atoms with van der Waals surface area (Å²) in [5.74, 6) is 0.584. The van der Waals surface area contributed by atoms with E-state index < -0.39 is 0 Å². The minimum absolute atomic E-state index is 0. The van der Waals surface area contributed by atoms with E-state index in [1.54, 1.807) is 29.3 Å². The van der Waals surface area contributed by atoms with Crippen LogP contribution in [0.5, 0.6) is 0 Å². The Kier molecular flexibility index (Phi) is 7.90. The molecule has 0 aliphatic carbocycles. The van der Waals surface area contributed by atoms with Crippen LogP contribution >= 0.6 is 24.8 Å². The van der Waals surface area contributed by atoms with Crippen molar-refractivity contribution in [2.24, 2.45) is 0 Å². The van der Waals surface area contributed by atoms with E-state index in [0.717, 1.165) is 6.54 Å². The molecule has 3 heterocycles. The van der Waals surface area contributed by atoms with Crippen LogP contribution in [0, 0.1) is 0 Å². The number of anilines is 1. The third-order valence-corrected chi connectivity index (χ3v) is 3.12. The first-order chi connectivity index (χ1) is 10.3. The number of nitrogens with zero attached hydrogens (tertiary/aromatic N) is 4. The van der Waals surface area contributed by atoms with Crippen LogP contribution < -0.4 is 10.6 Å². The van der Waals surface area contributed by atoms with Crippen molar-refractivity contribution in [1.82, 2.24) is 25.1 Å². The monoisotopic (exact) mass is 360 g/mol. The van der Waals surface area contributed by atoms with Crippen molar-refractivity contribution in [3.05, 3.63) is 31.0 Å². The molecular formula is C13H18Cl2N6O2. The smallest absolute Gasteiger partial charge is 0.226 e. The van der Waals surface area contributed by atoms with Crippen molar-refractivity contribution in [2.75, 3.05) is 25.1 Å². The molecule has 1 fully saturated rings. The van der Waals surface area contributed by atoms with Gasteiger partial charge < -0.3 is 15.4 Å². The summed E-state index contributed by atoms with van der Waals surface area (Å²) in [7, 11) is 0. The molecule has 1 aliphatic rings. The highest BCUT2D eigenvalue weighted by molar-refractivity contribution is 5.91. The largest absolute Gasteiger partial charge is 0.378 e. The van der Waals surface area contributed by atoms with E-state index >= 15 is 0 Å². The van der Waals surface area contributed by atoms with Crippen LogP contribution in [-0.4, -0.2) is 51.5 Å². The number of hydrogen-bond acceptors (Lipinski definition) is 6. The van der Waals surface area contributed by atoms with Gasteiger partial charge in [-0.05, 0) is 12.1 Å². The molecule has 0 spiro atoms. The summed E-state index contributed by atoms with van der Waals surface area (Å²) < 4.78 is 6.87. The first kappa shape index (κ1) is 19.3. The van der Waals surface area contributed by atoms with Crippen molar-refractivity contribution in [2.45, 2.75) is 12.5 Å². The van der Waals surface area contributed by atoms with Crippen LogP contribution in [-0.2, 0) is 9.53 Å². The lowest BCUT2D eigenvalue weighted by Gasteiger charge is -2.23. The quantitative estimate of drug-likeness (QED) is 0.838. The standard InChI is InChI=1S/C13H16N6O2.2ClH/c20-13(5-11-7-21-4-3-15-11)18-10-1-2-12(16-6-10)19-9-14-8-17-19;;/h1-2,6,8-9,11,15H,3-5,7H2,(H,18,20);2*1H. The normalized spacial score (nSPS) is 16.8. The van der Waals surface area contributed by atoms with Crippen molar-refractivity contribution < 1.29 is 9.53 Å². The molecule has 1 amide bonds. The van der Waals surface area contributed by atoms with Gasteiger partial charge in [-0.2, -0.15) is 5.10 Å². The molecule has 1 aliphatic heterocycles. The summed E-state index contributed by atoms with van der Waals surface area (Å²) in [5, 5.41) is 10.1. The van der Waals surface area contributed by atoms with Crippen molar-refractivity contribution >= 4 is 36.4 Å². The van der Waals surface area contributed by atoms with E-state index in [4.69, 9.17) is 4.74 Å². The Morgan fingerprint density at radius 1 is 1.43 bits per heavy atom. The Labute approximate surface area is 145 Å². The molecule has 8 nitrogen and oxygen atoms in total. The summed E-state index contributed by atoms with van der Waals surface area (Å²) >= 11 is 0. The molecule has 0 saturated carbocycles. The van der Waals surface area contributed by atoms with Crippen molar-refractivity contribution in [1.29, 1.82) is 0 Å². The number of aromatic nitrogens is 4. The molecule has 10 heteroatoms. The van der Waals surface area contributed by atoms with Crippen molar-refractivity contribution in [3.8, 4) is 5.82 Å². The van der Waals surface area contributed by atoms with Gasteiger partial charge in [0.05, 0.1) is 25.1 Å². The van der Waals surface area contributed by atoms with Gasteiger partial charge in [0.1, 0.15) is 12.7 Å². The molecule has 2 aromatic heterocycles. The van der Waals surface area contributed by atoms with Gasteiger partial charge in [0.15, 0.2) is 5.82 Å². The molecule has 23 heavy (non-hydrogen) atoms. The maximum absolute atomic E-state index is 11.9. The number of halogens is 2. The number of carbonyl (C=O) groups excluding carboxylic acids is 1. The topological polar surface area (TPSA) is 94.0 Å². The Balaban J connectivity index is 0.00000132. The number of morpholine rings is 1. The first-order valence-electron chi connectivity index (χ1n) is 6.73. The van der Waals surface area contributed by atoms with Gasteiger partial charge in [0.25, 0.3) is 0 Å². The van der Waals surface area contributed by atoms with Crippen LogP contribution in [0.25, 0.3) is 5.82 Å². The van der Waals surface area contributed by atoms with E-state index in [2.05, 4.69) is 25.7 Å². The first-order valence-corrected chi connectivity index (χ1v) is 6.73. The second kappa shape index (κ2) is 9.41. The second-order valence-corrected chi connectivity index (χ2v) is 4.72. The maximum atomic E-state index is 11.9. The molecule has 3 rings (SSSR count). The number of hydrogen-bond donors (Lipinski definition) is 2. The number of rotatable bonds is 4. The fourth-order valence-corrected chi connectivity index (χ4v) is 2.11. The van der Waals surface area contributed by atoms with Crippen LogP contribution in [0.3, 0.4) is 0 Å². The average Bonchev–Trinajstić information content (AvgIpc) is 3.03. The molecule has 1 unspecified atom stereocenters. The molecule has 126 valence electrons. The number of pyridine rings is 1. The van der Waals surface area contributed by atoms with Crippen LogP contribution in [0.15, 0.2) is 31.0 Å². The van der Waals surface area contributed by atoms with Gasteiger partial charge in [-0.15, -0.1) is 24.8 Å². The molecule has 1 atom stereocenters. The Morgan fingerprint density at radius 3 is 2.91 bits per heavy atom. The number of ether oxygens (including phenoxy) is 1. The van der Waals surface area contributed by atoms with Gasteiger partial charge in [0, 0.05) is 19.0 Å². The zero-order chi connectivity index (χ0) is 14.5. The number of nitrogens with one attached hydrogen (secondary N) is 2. The SMILES string of the molecule is Cl.Cl.O=C(CC1COCCN1)Nc1ccc(-n2cncn2)nc1. The minimum atomic E-state index is -0.0618. The average molecular weight is 361 g/mol. The predicted octanol–water partition coefficient (Wildman–Crippen LogP) is 0.823. The molecule has 1 saturated heterocycles. The van der Waals surface area contributed by atoms with Gasteiger partial charge in [0.2, 0.25) is 5.91 Å². The lowest BCUT2D eigenvalue weighted by atomic mass is 10.2. The highest BCUT2D eigenvalue weighted by Gasteiger charge is 2.16. The van der Waals surface area contributed by atoms with E-state index in [1.807, 2.05) is 0 Å². The zero-order valence-corrected chi connectivity index (χ0v) is 13.8. The predicted molar refractivity (Wildman–Crippen MR) is 89.5 cm³/mol. The van der Waals surface area contributed by atoms with E-state index in [0.29, 0.717) is 31.1 Å². The highest BCUT2D eigenvalue weighted by Crippen LogP contribution is 2.09. The van der Waals surface area contributed by atoms with Gasteiger partial charge >= 0.3 is 0 Å². The van der Waals surface area contributed by atoms with Gasteiger partial charge in [-0.1, -0.05) is 0 Å². The third kappa shape index (κ3) is 5.43. The fraction of sp³-hybridized carbons (Fsp3) is 0.385. The lowest BCUT2D eigenvalue weighted by molar-refractivity contribution is -0.117. The molecule has 0 aromatic carbocycles. The highest BCUT2D eigenvalue weighted by atomic mass is 35.5. The maximum Gasteiger partial charge on any atom is 0.226 e. The Hall–Kier alpha value is -1.74. The van der Waals surface area contributed by atoms with Crippen LogP contribution in [0.1, 0.15) is 6.42 Å². The second-order valence-electron chi connectivity index (χ2n) is 4.72. The van der Waals surface area contributed by atoms with Crippen molar-refractivity contribution in [3.63, 3.8) is 0 Å². The van der Waals surface area contributed by atoms with E-state index in [-0.39, 0.29) is 36.8 Å². The van der Waals surface area contributed by atoms with Gasteiger partial charge in [-0.25, -0.2) is 14.6 Å². The molecule has 0 radical (unpaired) electrons. The summed E-state index contributed by atoms with van der Waals surface area (Å²) in [6.45, 7) is 2.05. The summed E-state index contributed by atoms with van der Waals surface area (Å²) in [4.78, 5) is 20.0. The molecular weight excluding hydrogens is 343 g/mol. The van der Waals surface area contributed by atoms with Crippen LogP contribution in [0.2, 0.25) is 0 Å². The molecule has 2 aromatic rings. The molecule has 2 N–H and O–H groups in total. The molecule has 0 bridgehead atoms. The van der Waals surface area contributed by atoms with Crippen LogP contribution in [0.4, 0.5) is 5.69 Å². The summed E-state index contributed by atoms with van der Waals surface area (Å²) in [6, 6.07) is 3.63. The summed E-state index contributed by atoms with van der Waals surface area (Å²) in [5.41, 5.74) is 0.653. The van der Waals surface area contributed by atoms with E-state index in [1.165, 1.54) is 6.33 Å². The number of carbonyl (C=O) groups is 1. The third-order valence-electron chi connectivity index (χ3n) is 3.12. The Bertz CT molecular complexity index is 587. The minimum Gasteiger partial charge on any atom is -0.378 e. The zero-order valence-electron chi connectivity index (χ0n) is 12.2. The number of amides is 1.